The van der Waals surface area contributed by atoms with Crippen molar-refractivity contribution in [1.82, 2.24) is 4.72 Å². The summed E-state index contributed by atoms with van der Waals surface area (Å²) < 4.78 is 3.26. The van der Waals surface area contributed by atoms with E-state index in [1.54, 1.807) is 11.9 Å². The standard InChI is InChI=1S/C7H13NS/c1-2-4-6-8-9-7-5-3-1/h5,7-8H,1-4,6H2. The maximum atomic E-state index is 3.26. The van der Waals surface area contributed by atoms with Crippen LogP contribution in [-0.2, 0) is 0 Å². The van der Waals surface area contributed by atoms with Crippen LogP contribution in [0, 0.1) is 0 Å². The lowest BCUT2D eigenvalue weighted by atomic mass is 10.2. The van der Waals surface area contributed by atoms with E-state index in [1.165, 1.54) is 25.7 Å². The summed E-state index contributed by atoms with van der Waals surface area (Å²) in [6, 6.07) is 0. The van der Waals surface area contributed by atoms with Crippen LogP contribution in [0.15, 0.2) is 11.5 Å². The zero-order valence-corrected chi connectivity index (χ0v) is 6.41. The third-order valence-electron chi connectivity index (χ3n) is 1.40. The first-order valence-electron chi connectivity index (χ1n) is 3.53. The van der Waals surface area contributed by atoms with Gasteiger partial charge in [0, 0.05) is 6.54 Å². The lowest BCUT2D eigenvalue weighted by Gasteiger charge is -1.96. The van der Waals surface area contributed by atoms with Crippen LogP contribution >= 0.6 is 11.9 Å². The molecule has 0 aliphatic carbocycles. The molecular weight excluding hydrogens is 130 g/mol. The molecule has 1 aliphatic rings. The molecule has 1 nitrogen and oxygen atoms in total. The van der Waals surface area contributed by atoms with Crippen LogP contribution in [0.5, 0.6) is 0 Å². The molecule has 0 bridgehead atoms. The summed E-state index contributed by atoms with van der Waals surface area (Å²) in [5.41, 5.74) is 0. The summed E-state index contributed by atoms with van der Waals surface area (Å²) in [7, 11) is 0. The molecule has 1 rings (SSSR count). The van der Waals surface area contributed by atoms with Gasteiger partial charge in [-0.2, -0.15) is 0 Å². The zero-order chi connectivity index (χ0) is 6.36. The molecule has 0 saturated carbocycles. The van der Waals surface area contributed by atoms with E-state index in [-0.39, 0.29) is 0 Å². The number of rotatable bonds is 0. The van der Waals surface area contributed by atoms with Gasteiger partial charge in [-0.05, 0) is 24.7 Å². The molecule has 0 saturated heterocycles. The predicted molar refractivity (Wildman–Crippen MR) is 43.2 cm³/mol. The lowest BCUT2D eigenvalue weighted by molar-refractivity contribution is 0.684. The van der Waals surface area contributed by atoms with E-state index >= 15 is 0 Å². The van der Waals surface area contributed by atoms with Crippen molar-refractivity contribution in [3.8, 4) is 0 Å². The average Bonchev–Trinajstić information content (AvgIpc) is 2.00. The van der Waals surface area contributed by atoms with E-state index in [0.29, 0.717) is 0 Å². The lowest BCUT2D eigenvalue weighted by Crippen LogP contribution is -2.02. The Kier molecular flexibility index (Phi) is 3.89. The number of hydrogen-bond donors (Lipinski definition) is 1. The van der Waals surface area contributed by atoms with Gasteiger partial charge in [-0.1, -0.05) is 24.4 Å². The Morgan fingerprint density at radius 3 is 3.22 bits per heavy atom. The van der Waals surface area contributed by atoms with Crippen LogP contribution in [0.25, 0.3) is 0 Å². The highest BCUT2D eigenvalue weighted by Crippen LogP contribution is 2.06. The molecule has 0 spiro atoms. The summed E-state index contributed by atoms with van der Waals surface area (Å²) in [5.74, 6) is 0. The molecule has 0 aromatic rings. The topological polar surface area (TPSA) is 12.0 Å². The van der Waals surface area contributed by atoms with Gasteiger partial charge >= 0.3 is 0 Å². The summed E-state index contributed by atoms with van der Waals surface area (Å²) in [5, 5.41) is 2.14. The van der Waals surface area contributed by atoms with Gasteiger partial charge < -0.3 is 0 Å². The minimum atomic E-state index is 1.16. The molecule has 9 heavy (non-hydrogen) atoms. The van der Waals surface area contributed by atoms with Gasteiger partial charge in [0.15, 0.2) is 0 Å². The minimum Gasteiger partial charge on any atom is -0.260 e. The molecule has 1 heterocycles. The molecule has 0 fully saturated rings. The molecule has 52 valence electrons. The van der Waals surface area contributed by atoms with Crippen LogP contribution in [0.2, 0.25) is 0 Å². The smallest absolute Gasteiger partial charge is 0.00616 e. The van der Waals surface area contributed by atoms with Gasteiger partial charge in [0.05, 0.1) is 0 Å². The summed E-state index contributed by atoms with van der Waals surface area (Å²) in [6.45, 7) is 1.16. The Hall–Kier alpha value is 0.0500. The van der Waals surface area contributed by atoms with Crippen LogP contribution in [-0.4, -0.2) is 6.54 Å². The first-order valence-corrected chi connectivity index (χ1v) is 4.41. The molecule has 0 atom stereocenters. The maximum Gasteiger partial charge on any atom is 0.00616 e. The van der Waals surface area contributed by atoms with Crippen molar-refractivity contribution in [3.05, 3.63) is 11.5 Å². The van der Waals surface area contributed by atoms with E-state index in [4.69, 9.17) is 0 Å². The van der Waals surface area contributed by atoms with Crippen molar-refractivity contribution in [1.29, 1.82) is 0 Å². The van der Waals surface area contributed by atoms with Crippen molar-refractivity contribution >= 4 is 11.9 Å². The van der Waals surface area contributed by atoms with Gasteiger partial charge in [0.1, 0.15) is 0 Å². The highest BCUT2D eigenvalue weighted by molar-refractivity contribution is 8.00. The Morgan fingerprint density at radius 1 is 1.22 bits per heavy atom. The Labute approximate surface area is 61.0 Å². The molecule has 2 heteroatoms. The molecule has 1 N–H and O–H groups in total. The Balaban J connectivity index is 2.15. The molecular formula is C7H13NS. The van der Waals surface area contributed by atoms with Gasteiger partial charge in [-0.15, -0.1) is 0 Å². The zero-order valence-electron chi connectivity index (χ0n) is 5.60. The summed E-state index contributed by atoms with van der Waals surface area (Å²) >= 11 is 1.71. The van der Waals surface area contributed by atoms with Crippen molar-refractivity contribution < 1.29 is 0 Å². The molecule has 0 aromatic carbocycles. The van der Waals surface area contributed by atoms with E-state index in [9.17, 15) is 0 Å². The highest BCUT2D eigenvalue weighted by atomic mass is 32.2. The molecule has 0 aromatic heterocycles. The number of hydrogen-bond acceptors (Lipinski definition) is 2. The van der Waals surface area contributed by atoms with Gasteiger partial charge in [0.2, 0.25) is 0 Å². The highest BCUT2D eigenvalue weighted by Gasteiger charge is 1.90. The second-order valence-electron chi connectivity index (χ2n) is 2.23. The van der Waals surface area contributed by atoms with Crippen molar-refractivity contribution in [2.75, 3.05) is 6.54 Å². The second kappa shape index (κ2) is 4.89. The van der Waals surface area contributed by atoms with Crippen LogP contribution in [0.4, 0.5) is 0 Å². The van der Waals surface area contributed by atoms with Crippen LogP contribution in [0.1, 0.15) is 25.7 Å². The monoisotopic (exact) mass is 143 g/mol. The van der Waals surface area contributed by atoms with Gasteiger partial charge in [0.25, 0.3) is 0 Å². The largest absolute Gasteiger partial charge is 0.260 e. The third-order valence-corrected chi connectivity index (χ3v) is 2.10. The van der Waals surface area contributed by atoms with Gasteiger partial charge in [-0.3, -0.25) is 4.72 Å². The molecule has 0 radical (unpaired) electrons. The Morgan fingerprint density at radius 2 is 2.22 bits per heavy atom. The Bertz CT molecular complexity index is 80.9. The van der Waals surface area contributed by atoms with E-state index in [1.807, 2.05) is 0 Å². The molecule has 0 amide bonds. The SMILES string of the molecule is C1=CSNCCCCC1. The van der Waals surface area contributed by atoms with E-state index < -0.39 is 0 Å². The van der Waals surface area contributed by atoms with Crippen molar-refractivity contribution in [3.63, 3.8) is 0 Å². The van der Waals surface area contributed by atoms with Crippen LogP contribution in [0.3, 0.4) is 0 Å². The summed E-state index contributed by atoms with van der Waals surface area (Å²) in [6.07, 6.45) is 7.56. The fourth-order valence-corrected chi connectivity index (χ4v) is 1.45. The molecule has 1 aliphatic heterocycles. The van der Waals surface area contributed by atoms with E-state index in [2.05, 4.69) is 16.2 Å². The fourth-order valence-electron chi connectivity index (χ4n) is 0.859. The number of nitrogens with one attached hydrogen (secondary N) is 1. The third kappa shape index (κ3) is 3.60. The second-order valence-corrected chi connectivity index (χ2v) is 3.03. The van der Waals surface area contributed by atoms with Crippen molar-refractivity contribution in [2.24, 2.45) is 0 Å². The average molecular weight is 143 g/mol. The summed E-state index contributed by atoms with van der Waals surface area (Å²) in [4.78, 5) is 0. The predicted octanol–water partition coefficient (Wildman–Crippen LogP) is 2.31. The fraction of sp³-hybridized carbons (Fsp3) is 0.714. The first-order chi connectivity index (χ1) is 4.50. The molecule has 0 unspecified atom stereocenters. The number of allylic oxidation sites excluding steroid dienone is 1. The van der Waals surface area contributed by atoms with Crippen LogP contribution < -0.4 is 4.72 Å². The normalized spacial score (nSPS) is 22.2. The maximum absolute atomic E-state index is 3.26. The van der Waals surface area contributed by atoms with E-state index in [0.717, 1.165) is 6.54 Å². The quantitative estimate of drug-likeness (QED) is 0.522. The minimum absolute atomic E-state index is 1.16. The first kappa shape index (κ1) is 7.16. The van der Waals surface area contributed by atoms with Gasteiger partial charge in [-0.25, -0.2) is 0 Å². The van der Waals surface area contributed by atoms with Crippen molar-refractivity contribution in [2.45, 2.75) is 25.7 Å².